The zero-order valence-corrected chi connectivity index (χ0v) is 18.6. The molecule has 0 aliphatic carbocycles. The third kappa shape index (κ3) is 5.56. The molecule has 3 rings (SSSR count). The van der Waals surface area contributed by atoms with Crippen LogP contribution in [0.4, 0.5) is 0 Å². The molecule has 1 heterocycles. The third-order valence-corrected chi connectivity index (χ3v) is 4.31. The second kappa shape index (κ2) is 13.7. The van der Waals surface area contributed by atoms with Crippen molar-refractivity contribution in [3.8, 4) is 0 Å². The highest BCUT2D eigenvalue weighted by atomic mass is 16.4. The van der Waals surface area contributed by atoms with Crippen molar-refractivity contribution in [2.75, 3.05) is 20.1 Å². The molecule has 1 aliphatic rings. The number of rotatable bonds is 4. The van der Waals surface area contributed by atoms with E-state index in [0.29, 0.717) is 6.54 Å². The van der Waals surface area contributed by atoms with Crippen molar-refractivity contribution in [2.24, 2.45) is 0 Å². The summed E-state index contributed by atoms with van der Waals surface area (Å²) in [5, 5.41) is 10.2. The molecule has 0 aromatic heterocycles. The van der Waals surface area contributed by atoms with Gasteiger partial charge in [0.25, 0.3) is 0 Å². The van der Waals surface area contributed by atoms with Crippen molar-refractivity contribution in [1.82, 2.24) is 4.90 Å². The highest BCUT2D eigenvalue weighted by molar-refractivity contribution is 5.90. The molecule has 2 aromatic carbocycles. The van der Waals surface area contributed by atoms with Crippen LogP contribution in [-0.2, 0) is 10.2 Å². The highest BCUT2D eigenvalue weighted by Gasteiger charge is 2.46. The second-order valence-electron chi connectivity index (χ2n) is 5.71. The molecule has 0 radical (unpaired) electrons. The Labute approximate surface area is 171 Å². The van der Waals surface area contributed by atoms with Crippen LogP contribution in [0.5, 0.6) is 0 Å². The number of carboxylic acid groups (broad SMARTS) is 1. The largest absolute Gasteiger partial charge is 0.480 e. The van der Waals surface area contributed by atoms with Crippen LogP contribution in [0, 0.1) is 0 Å². The van der Waals surface area contributed by atoms with Gasteiger partial charge in [0.05, 0.1) is 0 Å². The van der Waals surface area contributed by atoms with Crippen LogP contribution in [0.15, 0.2) is 72.3 Å². The summed E-state index contributed by atoms with van der Waals surface area (Å²) in [7, 11) is 2.01. The number of benzene rings is 2. The first-order valence-corrected chi connectivity index (χ1v) is 10.4. The van der Waals surface area contributed by atoms with Crippen molar-refractivity contribution < 1.29 is 9.90 Å². The first-order chi connectivity index (χ1) is 13.7. The molecular formula is C25H37NO2. The van der Waals surface area contributed by atoms with Crippen molar-refractivity contribution in [3.63, 3.8) is 0 Å². The number of nitrogens with zero attached hydrogens (tertiary/aromatic N) is 1. The van der Waals surface area contributed by atoms with Crippen LogP contribution in [0.1, 0.15) is 52.7 Å². The topological polar surface area (TPSA) is 40.5 Å². The normalized spacial score (nSPS) is 12.9. The van der Waals surface area contributed by atoms with E-state index in [0.717, 1.165) is 23.2 Å². The van der Waals surface area contributed by atoms with Gasteiger partial charge in [0.1, 0.15) is 5.41 Å². The van der Waals surface area contributed by atoms with Gasteiger partial charge < -0.3 is 5.11 Å². The Morgan fingerprint density at radius 2 is 1.21 bits per heavy atom. The van der Waals surface area contributed by atoms with Gasteiger partial charge in [0.2, 0.25) is 0 Å². The Balaban J connectivity index is 0.00000111. The zero-order chi connectivity index (χ0) is 21.6. The van der Waals surface area contributed by atoms with E-state index in [-0.39, 0.29) is 0 Å². The maximum atomic E-state index is 12.5. The van der Waals surface area contributed by atoms with Gasteiger partial charge in [-0.05, 0) is 23.7 Å². The lowest BCUT2D eigenvalue weighted by Gasteiger charge is -2.32. The summed E-state index contributed by atoms with van der Waals surface area (Å²) in [5.41, 5.74) is 1.42. The van der Waals surface area contributed by atoms with Crippen LogP contribution >= 0.6 is 0 Å². The first-order valence-electron chi connectivity index (χ1n) is 10.4. The van der Waals surface area contributed by atoms with Crippen LogP contribution in [0.25, 0.3) is 0 Å². The molecule has 0 saturated heterocycles. The van der Waals surface area contributed by atoms with Crippen LogP contribution in [0.2, 0.25) is 0 Å². The van der Waals surface area contributed by atoms with Crippen LogP contribution in [0.3, 0.4) is 0 Å². The van der Waals surface area contributed by atoms with Gasteiger partial charge >= 0.3 is 5.97 Å². The van der Waals surface area contributed by atoms with E-state index in [1.165, 1.54) is 0 Å². The fourth-order valence-corrected chi connectivity index (χ4v) is 3.26. The summed E-state index contributed by atoms with van der Waals surface area (Å²) in [6.45, 7) is 13.4. The lowest BCUT2D eigenvalue weighted by Crippen LogP contribution is -2.40. The molecule has 0 unspecified atom stereocenters. The fourth-order valence-electron chi connectivity index (χ4n) is 3.26. The Hall–Kier alpha value is -2.39. The fraction of sp³-hybridized carbons (Fsp3) is 0.400. The number of carboxylic acids is 1. The molecule has 0 amide bonds. The maximum absolute atomic E-state index is 12.5. The number of hydrogen-bond donors (Lipinski definition) is 1. The molecule has 3 heteroatoms. The summed E-state index contributed by atoms with van der Waals surface area (Å²) in [6, 6.07) is 19.0. The van der Waals surface area contributed by atoms with E-state index in [1.54, 1.807) is 0 Å². The molecular weight excluding hydrogens is 346 g/mol. The van der Waals surface area contributed by atoms with E-state index in [1.807, 2.05) is 115 Å². The summed E-state index contributed by atoms with van der Waals surface area (Å²) >= 11 is 0. The Kier molecular flexibility index (Phi) is 12.6. The molecule has 1 aliphatic heterocycles. The van der Waals surface area contributed by atoms with Gasteiger partial charge in [-0.25, -0.2) is 0 Å². The van der Waals surface area contributed by atoms with Gasteiger partial charge in [0.15, 0.2) is 0 Å². The second-order valence-corrected chi connectivity index (χ2v) is 5.71. The summed E-state index contributed by atoms with van der Waals surface area (Å²) in [6.07, 6.45) is 2.05. The van der Waals surface area contributed by atoms with E-state index in [9.17, 15) is 9.90 Å². The van der Waals surface area contributed by atoms with Crippen LogP contribution in [-0.4, -0.2) is 36.1 Å². The number of carbonyl (C=O) groups is 1. The lowest BCUT2D eigenvalue weighted by molar-refractivity contribution is -0.140. The number of hydrogen-bond acceptors (Lipinski definition) is 2. The molecule has 154 valence electrons. The van der Waals surface area contributed by atoms with Gasteiger partial charge in [-0.2, -0.15) is 0 Å². The quantitative estimate of drug-likeness (QED) is 0.658. The van der Waals surface area contributed by atoms with Crippen molar-refractivity contribution in [1.29, 1.82) is 0 Å². The molecule has 0 atom stereocenters. The van der Waals surface area contributed by atoms with E-state index < -0.39 is 11.4 Å². The molecule has 28 heavy (non-hydrogen) atoms. The third-order valence-electron chi connectivity index (χ3n) is 4.31. The minimum absolute atomic E-state index is 0.663. The van der Waals surface area contributed by atoms with Crippen LogP contribution < -0.4 is 0 Å². The van der Waals surface area contributed by atoms with Gasteiger partial charge in [-0.15, -0.1) is 0 Å². The molecule has 1 N–H and O–H groups in total. The Bertz CT molecular complexity index is 654. The minimum atomic E-state index is -1.12. The highest BCUT2D eigenvalue weighted by Crippen LogP contribution is 2.41. The predicted molar refractivity (Wildman–Crippen MR) is 121 cm³/mol. The average molecular weight is 384 g/mol. The van der Waals surface area contributed by atoms with Gasteiger partial charge in [0, 0.05) is 13.1 Å². The Morgan fingerprint density at radius 1 is 0.821 bits per heavy atom. The molecule has 3 nitrogen and oxygen atoms in total. The molecule has 0 spiro atoms. The van der Waals surface area contributed by atoms with Crippen molar-refractivity contribution in [2.45, 2.75) is 47.0 Å². The molecule has 0 saturated carbocycles. The number of likely N-dealkylation sites (N-methyl/N-ethyl adjacent to an activating group) is 1. The van der Waals surface area contributed by atoms with E-state index in [2.05, 4.69) is 4.90 Å². The zero-order valence-electron chi connectivity index (χ0n) is 18.6. The van der Waals surface area contributed by atoms with Gasteiger partial charge in [-0.1, -0.05) is 108 Å². The Morgan fingerprint density at radius 3 is 1.50 bits per heavy atom. The van der Waals surface area contributed by atoms with Crippen molar-refractivity contribution >= 4 is 5.97 Å². The predicted octanol–water partition coefficient (Wildman–Crippen LogP) is 6.01. The molecule has 2 aromatic rings. The average Bonchev–Trinajstić information content (AvgIpc) is 3.21. The maximum Gasteiger partial charge on any atom is 0.322 e. The number of aliphatic carboxylic acids is 1. The van der Waals surface area contributed by atoms with E-state index in [4.69, 9.17) is 0 Å². The smallest absolute Gasteiger partial charge is 0.322 e. The SMILES string of the molecule is CC.CC.CC.CN1CC=C(C(C(=O)O)(c2ccccc2)c2ccccc2)C1. The standard InChI is InChI=1S/C19H19NO2.3C2H6/c1-20-13-12-17(14-20)19(18(21)22,15-8-4-2-5-9-15)16-10-6-3-7-11-16;3*1-2/h2-12H,13-14H2,1H3,(H,21,22);3*1-2H3. The first kappa shape index (κ1) is 25.6. The van der Waals surface area contributed by atoms with E-state index >= 15 is 0 Å². The monoisotopic (exact) mass is 383 g/mol. The molecule has 0 fully saturated rings. The van der Waals surface area contributed by atoms with Gasteiger partial charge in [-0.3, -0.25) is 9.69 Å². The summed E-state index contributed by atoms with van der Waals surface area (Å²) in [5.74, 6) is -0.827. The summed E-state index contributed by atoms with van der Waals surface area (Å²) in [4.78, 5) is 14.6. The molecule has 0 bridgehead atoms. The lowest BCUT2D eigenvalue weighted by atomic mass is 9.69. The minimum Gasteiger partial charge on any atom is -0.480 e. The van der Waals surface area contributed by atoms with Crippen molar-refractivity contribution in [3.05, 3.63) is 83.4 Å². The summed E-state index contributed by atoms with van der Waals surface area (Å²) < 4.78 is 0.